The van der Waals surface area contributed by atoms with E-state index in [-0.39, 0.29) is 6.54 Å². The SMILES string of the molecule is COc1cc(Cl)c(C)cc1NC(=O)NCC1(C(=O)O)CC1. The van der Waals surface area contributed by atoms with E-state index < -0.39 is 17.4 Å². The molecule has 0 aromatic heterocycles. The standard InChI is InChI=1S/C14H17ClN2O4/c1-8-5-10(11(21-2)6-9(8)15)17-13(20)16-7-14(3-4-14)12(18)19/h5-6H,3-4,7H2,1-2H3,(H,18,19)(H2,16,17,20). The first-order chi connectivity index (χ1) is 9.88. The second-order valence-electron chi connectivity index (χ2n) is 5.19. The number of benzene rings is 1. The van der Waals surface area contributed by atoms with Crippen LogP contribution >= 0.6 is 11.6 Å². The van der Waals surface area contributed by atoms with Gasteiger partial charge in [-0.05, 0) is 31.4 Å². The molecule has 1 aromatic rings. The van der Waals surface area contributed by atoms with Crippen molar-refractivity contribution < 1.29 is 19.4 Å². The van der Waals surface area contributed by atoms with Crippen molar-refractivity contribution in [1.82, 2.24) is 5.32 Å². The van der Waals surface area contributed by atoms with Crippen LogP contribution in [-0.2, 0) is 4.79 Å². The summed E-state index contributed by atoms with van der Waals surface area (Å²) in [6.07, 6.45) is 1.18. The molecule has 6 nitrogen and oxygen atoms in total. The molecule has 0 unspecified atom stereocenters. The minimum absolute atomic E-state index is 0.114. The second-order valence-corrected chi connectivity index (χ2v) is 5.60. The zero-order valence-electron chi connectivity index (χ0n) is 11.8. The molecule has 0 aliphatic heterocycles. The molecule has 1 aromatic carbocycles. The number of hydrogen-bond donors (Lipinski definition) is 3. The smallest absolute Gasteiger partial charge is 0.319 e. The topological polar surface area (TPSA) is 87.7 Å². The number of aliphatic carboxylic acids is 1. The molecule has 0 heterocycles. The summed E-state index contributed by atoms with van der Waals surface area (Å²) >= 11 is 5.99. The Hall–Kier alpha value is -1.95. The third kappa shape index (κ3) is 3.39. The Labute approximate surface area is 127 Å². The van der Waals surface area contributed by atoms with Gasteiger partial charge in [-0.3, -0.25) is 4.79 Å². The number of carbonyl (C=O) groups excluding carboxylic acids is 1. The van der Waals surface area contributed by atoms with Gasteiger partial charge in [-0.25, -0.2) is 4.79 Å². The number of halogens is 1. The number of carboxylic acid groups (broad SMARTS) is 1. The molecule has 0 radical (unpaired) electrons. The summed E-state index contributed by atoms with van der Waals surface area (Å²) in [7, 11) is 1.48. The van der Waals surface area contributed by atoms with Crippen LogP contribution in [0.2, 0.25) is 5.02 Å². The fourth-order valence-corrected chi connectivity index (χ4v) is 2.12. The van der Waals surface area contributed by atoms with Crippen molar-refractivity contribution in [3.8, 4) is 5.75 Å². The highest BCUT2D eigenvalue weighted by molar-refractivity contribution is 6.31. The van der Waals surface area contributed by atoms with Gasteiger partial charge in [0, 0.05) is 17.6 Å². The molecule has 1 fully saturated rings. The molecule has 0 bridgehead atoms. The number of rotatable bonds is 5. The summed E-state index contributed by atoms with van der Waals surface area (Å²) in [6.45, 7) is 1.93. The molecule has 21 heavy (non-hydrogen) atoms. The van der Waals surface area contributed by atoms with Crippen molar-refractivity contribution in [1.29, 1.82) is 0 Å². The number of anilines is 1. The molecule has 2 rings (SSSR count). The maximum absolute atomic E-state index is 11.9. The summed E-state index contributed by atoms with van der Waals surface area (Å²) in [5.74, 6) is -0.428. The molecular formula is C14H17ClN2O4. The van der Waals surface area contributed by atoms with Gasteiger partial charge in [-0.2, -0.15) is 0 Å². The van der Waals surface area contributed by atoms with Crippen LogP contribution in [0.15, 0.2) is 12.1 Å². The summed E-state index contributed by atoms with van der Waals surface area (Å²) in [5.41, 5.74) is 0.492. The van der Waals surface area contributed by atoms with Crippen LogP contribution in [0.4, 0.5) is 10.5 Å². The fraction of sp³-hybridized carbons (Fsp3) is 0.429. The summed E-state index contributed by atoms with van der Waals surface area (Å²) in [4.78, 5) is 22.9. The quantitative estimate of drug-likeness (QED) is 0.780. The van der Waals surface area contributed by atoms with Crippen molar-refractivity contribution in [2.24, 2.45) is 5.41 Å². The van der Waals surface area contributed by atoms with Crippen LogP contribution in [0.3, 0.4) is 0 Å². The predicted octanol–water partition coefficient (Wildman–Crippen LogP) is 2.64. The zero-order valence-corrected chi connectivity index (χ0v) is 12.6. The lowest BCUT2D eigenvalue weighted by Crippen LogP contribution is -2.36. The van der Waals surface area contributed by atoms with Crippen LogP contribution in [0.25, 0.3) is 0 Å². The number of nitrogens with one attached hydrogen (secondary N) is 2. The van der Waals surface area contributed by atoms with E-state index in [4.69, 9.17) is 21.4 Å². The molecule has 1 aliphatic carbocycles. The average molecular weight is 313 g/mol. The maximum atomic E-state index is 11.9. The number of carbonyl (C=O) groups is 2. The van der Waals surface area contributed by atoms with Crippen molar-refractivity contribution in [2.75, 3.05) is 19.0 Å². The molecule has 3 N–H and O–H groups in total. The van der Waals surface area contributed by atoms with Gasteiger partial charge in [0.25, 0.3) is 0 Å². The Balaban J connectivity index is 2.00. The molecule has 7 heteroatoms. The molecule has 0 spiro atoms. The van der Waals surface area contributed by atoms with E-state index in [9.17, 15) is 9.59 Å². The Morgan fingerprint density at radius 3 is 2.62 bits per heavy atom. The summed E-state index contributed by atoms with van der Waals surface area (Å²) < 4.78 is 5.16. The van der Waals surface area contributed by atoms with Gasteiger partial charge in [-0.1, -0.05) is 11.6 Å². The van der Waals surface area contributed by atoms with E-state index in [1.165, 1.54) is 7.11 Å². The van der Waals surface area contributed by atoms with Gasteiger partial charge >= 0.3 is 12.0 Å². The summed E-state index contributed by atoms with van der Waals surface area (Å²) in [6, 6.07) is 2.85. The zero-order chi connectivity index (χ0) is 15.6. The number of carboxylic acids is 1. The van der Waals surface area contributed by atoms with Crippen LogP contribution in [0.1, 0.15) is 18.4 Å². The molecule has 114 valence electrons. The van der Waals surface area contributed by atoms with Gasteiger partial charge in [0.05, 0.1) is 18.2 Å². The van der Waals surface area contributed by atoms with Crippen molar-refractivity contribution in [3.05, 3.63) is 22.7 Å². The molecular weight excluding hydrogens is 296 g/mol. The highest BCUT2D eigenvalue weighted by Crippen LogP contribution is 2.45. The summed E-state index contributed by atoms with van der Waals surface area (Å²) in [5, 5.41) is 14.8. The fourth-order valence-electron chi connectivity index (χ4n) is 1.96. The molecule has 2 amide bonds. The lowest BCUT2D eigenvalue weighted by atomic mass is 10.1. The number of ether oxygens (including phenoxy) is 1. The number of hydrogen-bond acceptors (Lipinski definition) is 3. The Bertz CT molecular complexity index is 585. The average Bonchev–Trinajstić information content (AvgIpc) is 3.21. The second kappa shape index (κ2) is 5.81. The van der Waals surface area contributed by atoms with Crippen LogP contribution in [-0.4, -0.2) is 30.8 Å². The first kappa shape index (κ1) is 15.4. The Morgan fingerprint density at radius 2 is 2.10 bits per heavy atom. The van der Waals surface area contributed by atoms with Gasteiger partial charge in [-0.15, -0.1) is 0 Å². The highest BCUT2D eigenvalue weighted by Gasteiger charge is 2.50. The number of amides is 2. The lowest BCUT2D eigenvalue weighted by Gasteiger charge is -2.14. The van der Waals surface area contributed by atoms with Crippen LogP contribution in [0.5, 0.6) is 5.75 Å². The van der Waals surface area contributed by atoms with Gasteiger partial charge in [0.15, 0.2) is 0 Å². The lowest BCUT2D eigenvalue weighted by molar-refractivity contribution is -0.143. The van der Waals surface area contributed by atoms with Crippen LogP contribution < -0.4 is 15.4 Å². The van der Waals surface area contributed by atoms with E-state index >= 15 is 0 Å². The van der Waals surface area contributed by atoms with E-state index in [2.05, 4.69) is 10.6 Å². The van der Waals surface area contributed by atoms with E-state index in [0.717, 1.165) is 5.56 Å². The first-order valence-corrected chi connectivity index (χ1v) is 6.88. The Morgan fingerprint density at radius 1 is 1.43 bits per heavy atom. The largest absolute Gasteiger partial charge is 0.495 e. The van der Waals surface area contributed by atoms with Crippen LogP contribution in [0, 0.1) is 12.3 Å². The number of methoxy groups -OCH3 is 1. The Kier molecular flexibility index (Phi) is 4.27. The third-order valence-electron chi connectivity index (χ3n) is 3.62. The molecule has 0 saturated heterocycles. The monoisotopic (exact) mass is 312 g/mol. The minimum atomic E-state index is -0.872. The van der Waals surface area contributed by atoms with E-state index in [1.54, 1.807) is 12.1 Å². The molecule has 1 aliphatic rings. The van der Waals surface area contributed by atoms with E-state index in [1.807, 2.05) is 6.92 Å². The minimum Gasteiger partial charge on any atom is -0.495 e. The van der Waals surface area contributed by atoms with E-state index in [0.29, 0.717) is 29.3 Å². The highest BCUT2D eigenvalue weighted by atomic mass is 35.5. The first-order valence-electron chi connectivity index (χ1n) is 6.50. The molecule has 1 saturated carbocycles. The van der Waals surface area contributed by atoms with Gasteiger partial charge in [0.2, 0.25) is 0 Å². The van der Waals surface area contributed by atoms with Crippen molar-refractivity contribution in [3.63, 3.8) is 0 Å². The molecule has 0 atom stereocenters. The number of urea groups is 1. The number of aryl methyl sites for hydroxylation is 1. The van der Waals surface area contributed by atoms with Crippen molar-refractivity contribution >= 4 is 29.3 Å². The maximum Gasteiger partial charge on any atom is 0.319 e. The normalized spacial score (nSPS) is 15.2. The van der Waals surface area contributed by atoms with Crippen molar-refractivity contribution in [2.45, 2.75) is 19.8 Å². The van der Waals surface area contributed by atoms with Gasteiger partial charge < -0.3 is 20.5 Å². The third-order valence-corrected chi connectivity index (χ3v) is 4.03. The predicted molar refractivity (Wildman–Crippen MR) is 79.1 cm³/mol. The van der Waals surface area contributed by atoms with Gasteiger partial charge in [0.1, 0.15) is 5.75 Å².